The van der Waals surface area contributed by atoms with Crippen molar-refractivity contribution in [1.29, 1.82) is 0 Å². The number of aliphatic hydroxyl groups excluding tert-OH is 3. The zero-order valence-corrected chi connectivity index (χ0v) is 27.3. The molecule has 0 amide bonds. The SMILES string of the molecule is COC(=O)C[C@@H]1C(C(C)=O)=C[C@@H]2[C@H]1C=C(Br)[C@H]1[C@H]2C[C@H](O[C@@H]2O[C@@H](C)[C@H](O)[C@@H](O)[C@H]2O)[C@@H]1O[Si](C)(C)C(C)(C)C. The summed E-state index contributed by atoms with van der Waals surface area (Å²) in [5.74, 6) is -0.787. The van der Waals surface area contributed by atoms with Gasteiger partial charge in [-0.15, -0.1) is 0 Å². The molecule has 0 spiro atoms. The fourth-order valence-electron chi connectivity index (χ4n) is 6.62. The molecule has 1 saturated heterocycles. The number of methoxy groups -OCH3 is 1. The van der Waals surface area contributed by atoms with Gasteiger partial charge in [0.1, 0.15) is 18.3 Å². The highest BCUT2D eigenvalue weighted by molar-refractivity contribution is 9.11. The number of allylic oxidation sites excluding steroid dienone is 3. The average molecular weight is 646 g/mol. The third kappa shape index (κ3) is 5.82. The molecule has 0 bridgehead atoms. The maximum Gasteiger partial charge on any atom is 0.306 e. The monoisotopic (exact) mass is 644 g/mol. The molecule has 0 unspecified atom stereocenters. The molecule has 226 valence electrons. The zero-order chi connectivity index (χ0) is 29.9. The Morgan fingerprint density at radius 2 is 1.75 bits per heavy atom. The average Bonchev–Trinajstić information content (AvgIpc) is 3.39. The van der Waals surface area contributed by atoms with Gasteiger partial charge in [-0.05, 0) is 66.2 Å². The van der Waals surface area contributed by atoms with Gasteiger partial charge in [-0.2, -0.15) is 0 Å². The Morgan fingerprint density at radius 1 is 1.10 bits per heavy atom. The molecular weight excluding hydrogens is 600 g/mol. The minimum atomic E-state index is -2.30. The van der Waals surface area contributed by atoms with Crippen molar-refractivity contribution in [3.63, 3.8) is 0 Å². The van der Waals surface area contributed by atoms with Crippen molar-refractivity contribution in [2.45, 2.75) is 109 Å². The van der Waals surface area contributed by atoms with Crippen molar-refractivity contribution in [2.24, 2.45) is 29.6 Å². The Hall–Kier alpha value is -0.923. The van der Waals surface area contributed by atoms with Crippen LogP contribution in [0.1, 0.15) is 47.5 Å². The highest BCUT2D eigenvalue weighted by Crippen LogP contribution is 2.58. The molecular formula is C29H45BrO9Si. The van der Waals surface area contributed by atoms with Crippen LogP contribution in [0, 0.1) is 29.6 Å². The summed E-state index contributed by atoms with van der Waals surface area (Å²) in [6.45, 7) is 14.1. The minimum Gasteiger partial charge on any atom is -0.469 e. The Kier molecular flexibility index (Phi) is 9.31. The first kappa shape index (κ1) is 32.0. The van der Waals surface area contributed by atoms with E-state index in [1.165, 1.54) is 14.0 Å². The highest BCUT2D eigenvalue weighted by Gasteiger charge is 2.58. The predicted octanol–water partition coefficient (Wildman–Crippen LogP) is 3.46. The van der Waals surface area contributed by atoms with Crippen molar-refractivity contribution in [3.05, 3.63) is 22.2 Å². The summed E-state index contributed by atoms with van der Waals surface area (Å²) in [6.07, 6.45) is -1.90. The summed E-state index contributed by atoms with van der Waals surface area (Å²) in [5, 5.41) is 31.3. The third-order valence-electron chi connectivity index (χ3n) is 9.91. The number of rotatable bonds is 7. The van der Waals surface area contributed by atoms with E-state index in [0.29, 0.717) is 12.0 Å². The zero-order valence-electron chi connectivity index (χ0n) is 24.7. The lowest BCUT2D eigenvalue weighted by Gasteiger charge is -2.44. The van der Waals surface area contributed by atoms with Gasteiger partial charge >= 0.3 is 5.97 Å². The van der Waals surface area contributed by atoms with Crippen LogP contribution in [0.5, 0.6) is 0 Å². The van der Waals surface area contributed by atoms with Crippen LogP contribution in [0.25, 0.3) is 0 Å². The summed E-state index contributed by atoms with van der Waals surface area (Å²) in [7, 11) is -0.939. The van der Waals surface area contributed by atoms with Crippen LogP contribution in [-0.4, -0.2) is 85.4 Å². The summed E-state index contributed by atoms with van der Waals surface area (Å²) in [4.78, 5) is 25.0. The first-order chi connectivity index (χ1) is 18.5. The summed E-state index contributed by atoms with van der Waals surface area (Å²) < 4.78 is 25.2. The van der Waals surface area contributed by atoms with E-state index in [2.05, 4.69) is 55.9 Å². The molecule has 1 saturated carbocycles. The highest BCUT2D eigenvalue weighted by atomic mass is 79.9. The summed E-state index contributed by atoms with van der Waals surface area (Å²) in [5.41, 5.74) is 0.654. The molecule has 11 heteroatoms. The molecule has 12 atom stereocenters. The fraction of sp³-hybridized carbons (Fsp3) is 0.793. The van der Waals surface area contributed by atoms with Gasteiger partial charge in [0.05, 0.1) is 31.8 Å². The van der Waals surface area contributed by atoms with E-state index in [1.807, 2.05) is 6.08 Å². The fourth-order valence-corrected chi connectivity index (χ4v) is 8.85. The number of ether oxygens (including phenoxy) is 3. The van der Waals surface area contributed by atoms with E-state index in [1.54, 1.807) is 6.92 Å². The quantitative estimate of drug-likeness (QED) is 0.282. The van der Waals surface area contributed by atoms with Gasteiger partial charge in [0.15, 0.2) is 20.4 Å². The van der Waals surface area contributed by atoms with E-state index in [4.69, 9.17) is 18.6 Å². The van der Waals surface area contributed by atoms with E-state index in [0.717, 1.165) is 4.48 Å². The first-order valence-electron chi connectivity index (χ1n) is 14.2. The second-order valence-electron chi connectivity index (χ2n) is 13.4. The normalized spacial score (nSPS) is 41.6. The second-order valence-corrected chi connectivity index (χ2v) is 19.1. The molecule has 0 aromatic carbocycles. The van der Waals surface area contributed by atoms with Crippen LogP contribution in [0.15, 0.2) is 22.2 Å². The number of halogens is 1. The van der Waals surface area contributed by atoms with Crippen LogP contribution in [0.3, 0.4) is 0 Å². The lowest BCUT2D eigenvalue weighted by atomic mass is 9.70. The van der Waals surface area contributed by atoms with E-state index < -0.39 is 45.1 Å². The van der Waals surface area contributed by atoms with Gasteiger partial charge in [0, 0.05) is 11.8 Å². The number of carbonyl (C=O) groups excluding carboxylic acids is 2. The molecule has 0 radical (unpaired) electrons. The molecule has 1 heterocycles. The van der Waals surface area contributed by atoms with Crippen molar-refractivity contribution < 1.29 is 43.5 Å². The number of esters is 1. The Labute approximate surface area is 246 Å². The molecule has 1 aliphatic heterocycles. The van der Waals surface area contributed by atoms with Crippen LogP contribution in [0.4, 0.5) is 0 Å². The third-order valence-corrected chi connectivity index (χ3v) is 15.2. The van der Waals surface area contributed by atoms with E-state index in [9.17, 15) is 24.9 Å². The van der Waals surface area contributed by atoms with Crippen LogP contribution < -0.4 is 0 Å². The van der Waals surface area contributed by atoms with Crippen molar-refractivity contribution in [2.75, 3.05) is 7.11 Å². The van der Waals surface area contributed by atoms with Crippen LogP contribution in [0.2, 0.25) is 18.1 Å². The molecule has 3 N–H and O–H groups in total. The summed E-state index contributed by atoms with van der Waals surface area (Å²) in [6, 6.07) is 0. The molecule has 0 aromatic rings. The Bertz CT molecular complexity index is 1050. The standard InChI is InChI=1S/C29H45BrO9Si/c1-13(31)15-9-16-17(18(15)12-22(32)36-6)10-20(30)23-19(16)11-21(27(23)39-40(7,8)29(3,4)5)38-28-26(35)25(34)24(33)14(2)37-28/h9-10,14,16-19,21,23-28,33-35H,11-12H2,1-8H3/t14-,16+,17+,18+,19-,21-,23+,24-,25+,26+,27-,28-/m0/s1. The molecule has 4 aliphatic rings. The topological polar surface area (TPSA) is 132 Å². The second kappa shape index (κ2) is 11.6. The lowest BCUT2D eigenvalue weighted by molar-refractivity contribution is -0.308. The lowest BCUT2D eigenvalue weighted by Crippen LogP contribution is -2.58. The van der Waals surface area contributed by atoms with Gasteiger partial charge in [0.2, 0.25) is 0 Å². The largest absolute Gasteiger partial charge is 0.469 e. The first-order valence-corrected chi connectivity index (χ1v) is 17.9. The van der Waals surface area contributed by atoms with Gasteiger partial charge < -0.3 is 34.0 Å². The molecule has 0 aromatic heterocycles. The molecule has 40 heavy (non-hydrogen) atoms. The van der Waals surface area contributed by atoms with Gasteiger partial charge in [-0.25, -0.2) is 0 Å². The van der Waals surface area contributed by atoms with Crippen molar-refractivity contribution in [3.8, 4) is 0 Å². The van der Waals surface area contributed by atoms with Gasteiger partial charge in [-0.1, -0.05) is 48.9 Å². The number of hydrogen-bond donors (Lipinski definition) is 3. The van der Waals surface area contributed by atoms with E-state index in [-0.39, 0.29) is 58.9 Å². The van der Waals surface area contributed by atoms with Gasteiger partial charge in [-0.3, -0.25) is 9.59 Å². The summed E-state index contributed by atoms with van der Waals surface area (Å²) >= 11 is 3.85. The number of hydrogen-bond acceptors (Lipinski definition) is 9. The van der Waals surface area contributed by atoms with Crippen molar-refractivity contribution in [1.82, 2.24) is 0 Å². The molecule has 3 aliphatic carbocycles. The molecule has 4 rings (SSSR count). The number of aliphatic hydroxyl groups is 3. The minimum absolute atomic E-state index is 0.0116. The molecule has 9 nitrogen and oxygen atoms in total. The van der Waals surface area contributed by atoms with Crippen LogP contribution in [-0.2, 0) is 28.2 Å². The number of fused-ring (bicyclic) bond motifs is 3. The maximum atomic E-state index is 12.7. The smallest absolute Gasteiger partial charge is 0.306 e. The number of Topliss-reactive ketones (excluding diaryl/α,β-unsaturated/α-hetero) is 1. The van der Waals surface area contributed by atoms with Gasteiger partial charge in [0.25, 0.3) is 0 Å². The maximum absolute atomic E-state index is 12.7. The Balaban J connectivity index is 1.70. The Morgan fingerprint density at radius 3 is 2.33 bits per heavy atom. The van der Waals surface area contributed by atoms with Crippen LogP contribution >= 0.6 is 15.9 Å². The number of ketones is 1. The predicted molar refractivity (Wildman–Crippen MR) is 154 cm³/mol. The molecule has 2 fully saturated rings. The van der Waals surface area contributed by atoms with Crippen molar-refractivity contribution >= 4 is 36.0 Å². The number of carbonyl (C=O) groups is 2. The van der Waals surface area contributed by atoms with E-state index >= 15 is 0 Å².